The molecule has 0 saturated carbocycles. The zero-order chi connectivity index (χ0) is 21.8. The second-order valence-corrected chi connectivity index (χ2v) is 5.53. The summed E-state index contributed by atoms with van der Waals surface area (Å²) in [5.74, 6) is -23.9. The number of hydrogen-bond donors (Lipinski definition) is 3. The number of carbonyl (C=O) groups is 1. The van der Waals surface area contributed by atoms with Gasteiger partial charge < -0.3 is 20.1 Å². The molecule has 3 N–H and O–H groups in total. The van der Waals surface area contributed by atoms with E-state index >= 15 is 0 Å². The van der Waals surface area contributed by atoms with Crippen LogP contribution < -0.4 is 4.74 Å². The van der Waals surface area contributed by atoms with E-state index in [4.69, 9.17) is 0 Å². The second-order valence-electron chi connectivity index (χ2n) is 5.53. The van der Waals surface area contributed by atoms with Gasteiger partial charge in [0, 0.05) is 0 Å². The van der Waals surface area contributed by atoms with E-state index in [1.165, 1.54) is 0 Å². The number of phenolic OH excluding ortho intramolecular Hbond substituents is 3. The molecule has 0 heterocycles. The highest BCUT2D eigenvalue weighted by atomic mass is 19.2. The first-order valence-corrected chi connectivity index (χ1v) is 7.26. The van der Waals surface area contributed by atoms with Crippen LogP contribution in [0.3, 0.4) is 0 Å². The number of hydrogen-bond acceptors (Lipinski definition) is 5. The molecule has 3 rings (SSSR count). The molecule has 0 aliphatic heterocycles. The van der Waals surface area contributed by atoms with Crippen molar-refractivity contribution in [3.05, 3.63) is 58.4 Å². The highest BCUT2D eigenvalue weighted by Crippen LogP contribution is 2.40. The van der Waals surface area contributed by atoms with Gasteiger partial charge in [0.15, 0.2) is 57.9 Å². The number of rotatable bonds is 2. The normalized spacial score (nSPS) is 11.1. The van der Waals surface area contributed by atoms with Gasteiger partial charge in [0.05, 0.1) is 16.3 Å². The number of halogens is 7. The van der Waals surface area contributed by atoms with Gasteiger partial charge in [-0.25, -0.2) is 31.1 Å². The van der Waals surface area contributed by atoms with Gasteiger partial charge in [-0.1, -0.05) is 0 Å². The maximum Gasteiger partial charge on any atom is 0.343 e. The summed E-state index contributed by atoms with van der Waals surface area (Å²) in [5.41, 5.74) is -0.821. The number of benzene rings is 3. The molecule has 0 atom stereocenters. The first-order chi connectivity index (χ1) is 13.5. The molecule has 0 radical (unpaired) electrons. The molecule has 152 valence electrons. The third-order valence-corrected chi connectivity index (χ3v) is 3.80. The lowest BCUT2D eigenvalue weighted by Gasteiger charge is -2.13. The zero-order valence-electron chi connectivity index (χ0n) is 13.5. The largest absolute Gasteiger partial charge is 0.504 e. The summed E-state index contributed by atoms with van der Waals surface area (Å²) < 4.78 is 101. The standard InChI is InChI=1S/C17H5F7O5/c18-8-6-7(10(20)12(22)11(8)21)16(14(24)13(23)9(6)19)29-17(28)3-1-4(25)15(27)5(26)2-3/h1-2,25-27H. The first kappa shape index (κ1) is 20.0. The third-order valence-electron chi connectivity index (χ3n) is 3.80. The maximum atomic E-state index is 14.1. The van der Waals surface area contributed by atoms with Crippen molar-refractivity contribution in [1.29, 1.82) is 0 Å². The molecule has 0 aromatic heterocycles. The van der Waals surface area contributed by atoms with Crippen LogP contribution in [0.15, 0.2) is 12.1 Å². The van der Waals surface area contributed by atoms with Crippen LogP contribution >= 0.6 is 0 Å². The van der Waals surface area contributed by atoms with Crippen molar-refractivity contribution in [2.75, 3.05) is 0 Å². The molecule has 0 unspecified atom stereocenters. The monoisotopic (exact) mass is 422 g/mol. The summed E-state index contributed by atoms with van der Waals surface area (Å²) >= 11 is 0. The zero-order valence-corrected chi connectivity index (χ0v) is 13.5. The van der Waals surface area contributed by atoms with Gasteiger partial charge in [-0.3, -0.25) is 0 Å². The fourth-order valence-corrected chi connectivity index (χ4v) is 2.44. The van der Waals surface area contributed by atoms with Crippen molar-refractivity contribution in [1.82, 2.24) is 0 Å². The summed E-state index contributed by atoms with van der Waals surface area (Å²) in [4.78, 5) is 12.1. The van der Waals surface area contributed by atoms with Crippen LogP contribution in [0.1, 0.15) is 10.4 Å². The molecule has 0 spiro atoms. The Hall–Kier alpha value is -3.70. The lowest BCUT2D eigenvalue weighted by atomic mass is 10.1. The smallest absolute Gasteiger partial charge is 0.343 e. The Balaban J connectivity index is 2.29. The molecule has 0 fully saturated rings. The average Bonchev–Trinajstić information content (AvgIpc) is 2.68. The van der Waals surface area contributed by atoms with Gasteiger partial charge >= 0.3 is 5.97 Å². The van der Waals surface area contributed by atoms with E-state index in [2.05, 4.69) is 4.74 Å². The van der Waals surface area contributed by atoms with Crippen LogP contribution in [0.2, 0.25) is 0 Å². The van der Waals surface area contributed by atoms with Crippen LogP contribution in [0.4, 0.5) is 30.7 Å². The molecule has 3 aromatic rings. The minimum Gasteiger partial charge on any atom is -0.504 e. The van der Waals surface area contributed by atoms with Crippen LogP contribution in [0, 0.1) is 40.7 Å². The topological polar surface area (TPSA) is 87.0 Å². The number of carbonyl (C=O) groups excluding carboxylic acids is 1. The van der Waals surface area contributed by atoms with Gasteiger partial charge in [0.2, 0.25) is 5.82 Å². The Morgan fingerprint density at radius 3 is 1.55 bits per heavy atom. The molecule has 12 heteroatoms. The molecule has 0 aliphatic carbocycles. The summed E-state index contributed by atoms with van der Waals surface area (Å²) in [6, 6.07) is 0.961. The minimum absolute atomic E-state index is 0.481. The molecule has 0 saturated heterocycles. The van der Waals surface area contributed by atoms with E-state index in [9.17, 15) is 50.8 Å². The van der Waals surface area contributed by atoms with E-state index in [1.807, 2.05) is 0 Å². The quantitative estimate of drug-likeness (QED) is 0.144. The molecular formula is C17H5F7O5. The number of fused-ring (bicyclic) bond motifs is 1. The van der Waals surface area contributed by atoms with Gasteiger partial charge in [0.1, 0.15) is 0 Å². The predicted octanol–water partition coefficient (Wildman–Crippen LogP) is 4.15. The molecule has 0 amide bonds. The fraction of sp³-hybridized carbons (Fsp3) is 0. The Labute approximate surface area is 154 Å². The Morgan fingerprint density at radius 1 is 0.655 bits per heavy atom. The first-order valence-electron chi connectivity index (χ1n) is 7.26. The Bertz CT molecular complexity index is 1180. The van der Waals surface area contributed by atoms with Crippen molar-refractivity contribution in [2.24, 2.45) is 0 Å². The number of phenols is 3. The van der Waals surface area contributed by atoms with E-state index in [0.29, 0.717) is 12.1 Å². The molecule has 29 heavy (non-hydrogen) atoms. The lowest BCUT2D eigenvalue weighted by Crippen LogP contribution is -2.13. The highest BCUT2D eigenvalue weighted by molar-refractivity contribution is 5.97. The van der Waals surface area contributed by atoms with E-state index < -0.39 is 86.0 Å². The Kier molecular flexibility index (Phi) is 4.65. The van der Waals surface area contributed by atoms with Crippen LogP contribution in [0.5, 0.6) is 23.0 Å². The molecule has 0 bridgehead atoms. The van der Waals surface area contributed by atoms with Crippen molar-refractivity contribution in [2.45, 2.75) is 0 Å². The summed E-state index contributed by atoms with van der Waals surface area (Å²) in [5, 5.41) is 24.3. The number of aromatic hydroxyl groups is 3. The van der Waals surface area contributed by atoms with Crippen LogP contribution in [-0.4, -0.2) is 21.3 Å². The fourth-order valence-electron chi connectivity index (χ4n) is 2.44. The predicted molar refractivity (Wildman–Crippen MR) is 80.0 cm³/mol. The van der Waals surface area contributed by atoms with Crippen molar-refractivity contribution in [3.8, 4) is 23.0 Å². The van der Waals surface area contributed by atoms with E-state index in [0.717, 1.165) is 0 Å². The molecule has 3 aromatic carbocycles. The SMILES string of the molecule is O=C(Oc1c(F)c(F)c(F)c2c(F)c(F)c(F)c(F)c12)c1cc(O)c(O)c(O)c1. The molecule has 5 nitrogen and oxygen atoms in total. The van der Waals surface area contributed by atoms with Crippen molar-refractivity contribution >= 4 is 16.7 Å². The minimum atomic E-state index is -2.52. The lowest BCUT2D eigenvalue weighted by molar-refractivity contribution is 0.0727. The number of ether oxygens (including phenoxy) is 1. The van der Waals surface area contributed by atoms with E-state index in [1.54, 1.807) is 0 Å². The maximum absolute atomic E-state index is 14.1. The van der Waals surface area contributed by atoms with Crippen molar-refractivity contribution < 1.29 is 55.6 Å². The van der Waals surface area contributed by atoms with Crippen molar-refractivity contribution in [3.63, 3.8) is 0 Å². The molecular weight excluding hydrogens is 417 g/mol. The number of esters is 1. The second kappa shape index (κ2) is 6.72. The van der Waals surface area contributed by atoms with E-state index in [-0.39, 0.29) is 0 Å². The third kappa shape index (κ3) is 2.92. The Morgan fingerprint density at radius 2 is 1.07 bits per heavy atom. The van der Waals surface area contributed by atoms with Crippen LogP contribution in [0.25, 0.3) is 10.8 Å². The van der Waals surface area contributed by atoms with Gasteiger partial charge in [-0.05, 0) is 12.1 Å². The van der Waals surface area contributed by atoms with Gasteiger partial charge in [0.25, 0.3) is 0 Å². The average molecular weight is 422 g/mol. The van der Waals surface area contributed by atoms with Gasteiger partial charge in [-0.15, -0.1) is 0 Å². The summed E-state index contributed by atoms with van der Waals surface area (Å²) in [6.45, 7) is 0. The molecule has 0 aliphatic rings. The summed E-state index contributed by atoms with van der Waals surface area (Å²) in [6.07, 6.45) is 0. The highest BCUT2D eigenvalue weighted by Gasteiger charge is 2.32. The van der Waals surface area contributed by atoms with Gasteiger partial charge in [-0.2, -0.15) is 4.39 Å². The van der Waals surface area contributed by atoms with Crippen LogP contribution in [-0.2, 0) is 0 Å². The summed E-state index contributed by atoms with van der Waals surface area (Å²) in [7, 11) is 0.